The molecular formula is C22H22F2N2O9. The largest absolute Gasteiger partial charge is 0.497 e. The number of ether oxygens (including phenoxy) is 3. The van der Waals surface area contributed by atoms with Crippen molar-refractivity contribution < 1.29 is 47.5 Å². The molecule has 0 radical (unpaired) electrons. The van der Waals surface area contributed by atoms with E-state index in [1.807, 2.05) is 0 Å². The normalized spacial score (nSPS) is 21.4. The lowest BCUT2D eigenvalue weighted by molar-refractivity contribution is -0.144. The number of aliphatic hydroxyl groups is 3. The number of aliphatic hydroxyl groups excluding tert-OH is 3. The number of benzene rings is 1. The summed E-state index contributed by atoms with van der Waals surface area (Å²) in [5.41, 5.74) is -0.247. The van der Waals surface area contributed by atoms with Crippen LogP contribution < -0.4 is 10.4 Å². The first-order valence-corrected chi connectivity index (χ1v) is 10.4. The van der Waals surface area contributed by atoms with E-state index in [2.05, 4.69) is 4.98 Å². The molecule has 0 aliphatic carbocycles. The zero-order chi connectivity index (χ0) is 25.3. The molecule has 1 aliphatic heterocycles. The molecule has 35 heavy (non-hydrogen) atoms. The fourth-order valence-corrected chi connectivity index (χ4v) is 3.75. The molecule has 2 aromatic heterocycles. The first kappa shape index (κ1) is 24.7. The van der Waals surface area contributed by atoms with Crippen LogP contribution in [-0.2, 0) is 33.9 Å². The third kappa shape index (κ3) is 4.75. The van der Waals surface area contributed by atoms with Crippen LogP contribution in [0.15, 0.2) is 39.7 Å². The van der Waals surface area contributed by atoms with Crippen molar-refractivity contribution in [3.63, 3.8) is 0 Å². The van der Waals surface area contributed by atoms with Crippen molar-refractivity contribution in [2.24, 2.45) is 0 Å². The third-order valence-electron chi connectivity index (χ3n) is 5.52. The summed E-state index contributed by atoms with van der Waals surface area (Å²) in [6.45, 7) is -1.38. The van der Waals surface area contributed by atoms with Crippen LogP contribution in [0.3, 0.4) is 0 Å². The highest BCUT2D eigenvalue weighted by atomic mass is 19.3. The van der Waals surface area contributed by atoms with E-state index in [-0.39, 0.29) is 18.9 Å². The number of carbonyl (C=O) groups is 1. The molecule has 3 heterocycles. The Labute approximate surface area is 196 Å². The van der Waals surface area contributed by atoms with Crippen molar-refractivity contribution in [3.8, 4) is 5.75 Å². The maximum Gasteiger partial charge on any atom is 0.350 e. The van der Waals surface area contributed by atoms with Crippen LogP contribution in [0.2, 0.25) is 0 Å². The summed E-state index contributed by atoms with van der Waals surface area (Å²) < 4.78 is 49.9. The molecule has 1 saturated heterocycles. The van der Waals surface area contributed by atoms with Crippen LogP contribution in [0.25, 0.3) is 11.0 Å². The Morgan fingerprint density at radius 3 is 2.69 bits per heavy atom. The Bertz CT molecular complexity index is 1290. The van der Waals surface area contributed by atoms with Crippen molar-refractivity contribution in [2.75, 3.05) is 13.7 Å². The molecule has 0 unspecified atom stereocenters. The summed E-state index contributed by atoms with van der Waals surface area (Å²) in [6.07, 6.45) is -5.48. The number of esters is 1. The van der Waals surface area contributed by atoms with Crippen molar-refractivity contribution in [1.82, 2.24) is 9.55 Å². The SMILES string of the molecule is COc1cc(CO)c2oc(COC(=O)Cc3ccn([C@@H]4O[C@H](CO)[C@@H](O)C4(F)F)c(=O)n3)cc2c1. The smallest absolute Gasteiger partial charge is 0.350 e. The predicted molar refractivity (Wildman–Crippen MR) is 113 cm³/mol. The van der Waals surface area contributed by atoms with Gasteiger partial charge in [0, 0.05) is 17.1 Å². The van der Waals surface area contributed by atoms with E-state index in [4.69, 9.17) is 23.7 Å². The van der Waals surface area contributed by atoms with E-state index in [1.54, 1.807) is 18.2 Å². The zero-order valence-electron chi connectivity index (χ0n) is 18.4. The molecule has 4 rings (SSSR count). The second-order valence-electron chi connectivity index (χ2n) is 7.85. The lowest BCUT2D eigenvalue weighted by Crippen LogP contribution is -2.41. The summed E-state index contributed by atoms with van der Waals surface area (Å²) in [5.74, 6) is -3.77. The van der Waals surface area contributed by atoms with E-state index in [1.165, 1.54) is 13.2 Å². The molecule has 1 aromatic carbocycles. The minimum atomic E-state index is -3.84. The van der Waals surface area contributed by atoms with Gasteiger partial charge in [0.05, 0.1) is 32.4 Å². The van der Waals surface area contributed by atoms with E-state index in [0.717, 1.165) is 6.20 Å². The summed E-state index contributed by atoms with van der Waals surface area (Å²) >= 11 is 0. The minimum absolute atomic E-state index is 0.0336. The van der Waals surface area contributed by atoms with Crippen LogP contribution in [0, 0.1) is 0 Å². The topological polar surface area (TPSA) is 153 Å². The fraction of sp³-hybridized carbons (Fsp3) is 0.409. The van der Waals surface area contributed by atoms with Crippen LogP contribution in [0.5, 0.6) is 5.75 Å². The van der Waals surface area contributed by atoms with Gasteiger partial charge < -0.3 is 33.9 Å². The number of nitrogens with zero attached hydrogens (tertiary/aromatic N) is 2. The molecule has 188 valence electrons. The highest BCUT2D eigenvalue weighted by Crippen LogP contribution is 2.41. The van der Waals surface area contributed by atoms with Gasteiger partial charge in [0.15, 0.2) is 6.10 Å². The van der Waals surface area contributed by atoms with E-state index in [0.29, 0.717) is 32.6 Å². The second kappa shape index (κ2) is 9.70. The van der Waals surface area contributed by atoms with Gasteiger partial charge in [-0.15, -0.1) is 0 Å². The number of hydrogen-bond acceptors (Lipinski definition) is 10. The monoisotopic (exact) mass is 496 g/mol. The van der Waals surface area contributed by atoms with Gasteiger partial charge in [0.2, 0.25) is 6.23 Å². The highest BCUT2D eigenvalue weighted by Gasteiger charge is 2.59. The lowest BCUT2D eigenvalue weighted by atomic mass is 10.1. The van der Waals surface area contributed by atoms with Gasteiger partial charge in [-0.05, 0) is 24.3 Å². The van der Waals surface area contributed by atoms with Crippen molar-refractivity contribution in [2.45, 2.75) is 44.0 Å². The number of hydrogen-bond donors (Lipinski definition) is 3. The van der Waals surface area contributed by atoms with Gasteiger partial charge in [0.25, 0.3) is 0 Å². The fourth-order valence-electron chi connectivity index (χ4n) is 3.75. The Kier molecular flexibility index (Phi) is 6.85. The number of aromatic nitrogens is 2. The quantitative estimate of drug-likeness (QED) is 0.379. The average molecular weight is 496 g/mol. The van der Waals surface area contributed by atoms with Crippen molar-refractivity contribution in [3.05, 3.63) is 58.0 Å². The third-order valence-corrected chi connectivity index (χ3v) is 5.52. The van der Waals surface area contributed by atoms with Gasteiger partial charge in [0.1, 0.15) is 29.8 Å². The summed E-state index contributed by atoms with van der Waals surface area (Å²) in [7, 11) is 1.49. The molecule has 11 nitrogen and oxygen atoms in total. The average Bonchev–Trinajstić information content (AvgIpc) is 3.35. The predicted octanol–water partition coefficient (Wildman–Crippen LogP) is 0.662. The summed E-state index contributed by atoms with van der Waals surface area (Å²) in [4.78, 5) is 28.1. The molecule has 0 saturated carbocycles. The molecule has 1 aliphatic rings. The molecule has 3 aromatic rings. The molecule has 0 spiro atoms. The number of alkyl halides is 2. The number of methoxy groups -OCH3 is 1. The van der Waals surface area contributed by atoms with Gasteiger partial charge in [-0.2, -0.15) is 13.8 Å². The van der Waals surface area contributed by atoms with Crippen LogP contribution in [-0.4, -0.2) is 62.7 Å². The molecular weight excluding hydrogens is 474 g/mol. The Hall–Kier alpha value is -3.39. The van der Waals surface area contributed by atoms with Crippen LogP contribution in [0.1, 0.15) is 23.2 Å². The summed E-state index contributed by atoms with van der Waals surface area (Å²) in [6, 6.07) is 6.11. The highest BCUT2D eigenvalue weighted by molar-refractivity contribution is 5.83. The molecule has 3 atom stereocenters. The Morgan fingerprint density at radius 1 is 1.29 bits per heavy atom. The van der Waals surface area contributed by atoms with Crippen LogP contribution in [0.4, 0.5) is 8.78 Å². The maximum atomic E-state index is 14.3. The van der Waals surface area contributed by atoms with Gasteiger partial charge in [-0.1, -0.05) is 0 Å². The van der Waals surface area contributed by atoms with E-state index >= 15 is 0 Å². The zero-order valence-corrected chi connectivity index (χ0v) is 18.4. The first-order valence-electron chi connectivity index (χ1n) is 10.4. The van der Waals surface area contributed by atoms with Crippen molar-refractivity contribution >= 4 is 16.9 Å². The van der Waals surface area contributed by atoms with Crippen molar-refractivity contribution in [1.29, 1.82) is 0 Å². The Morgan fingerprint density at radius 2 is 2.06 bits per heavy atom. The second-order valence-corrected chi connectivity index (χ2v) is 7.85. The number of fused-ring (bicyclic) bond motifs is 1. The number of halogens is 2. The maximum absolute atomic E-state index is 14.3. The molecule has 0 amide bonds. The van der Waals surface area contributed by atoms with Gasteiger partial charge in [-0.3, -0.25) is 9.36 Å². The first-order chi connectivity index (χ1) is 16.7. The Balaban J connectivity index is 1.42. The van der Waals surface area contributed by atoms with Gasteiger partial charge in [-0.25, -0.2) is 4.79 Å². The number of furan rings is 1. The molecule has 1 fully saturated rings. The molecule has 3 N–H and O–H groups in total. The molecule has 13 heteroatoms. The van der Waals surface area contributed by atoms with E-state index < -0.39 is 49.0 Å². The molecule has 0 bridgehead atoms. The number of rotatable bonds is 8. The van der Waals surface area contributed by atoms with Crippen LogP contribution >= 0.6 is 0 Å². The lowest BCUT2D eigenvalue weighted by Gasteiger charge is -2.21. The van der Waals surface area contributed by atoms with Gasteiger partial charge >= 0.3 is 17.6 Å². The number of carbonyl (C=O) groups excluding carboxylic acids is 1. The standard InChI is InChI=1S/C22H22F2N2O9/c1-32-14-4-11-5-15(34-18(11)12(6-14)8-27)10-33-17(29)7-13-2-3-26(21(31)25-13)20-22(23,24)19(30)16(9-28)35-20/h2-6,16,19-20,27-28,30H,7-10H2,1H3/t16-,19-,20-/m1/s1. The minimum Gasteiger partial charge on any atom is -0.497 e. The summed E-state index contributed by atoms with van der Waals surface area (Å²) in [5, 5.41) is 28.8. The van der Waals surface area contributed by atoms with E-state index in [9.17, 15) is 28.6 Å².